The summed E-state index contributed by atoms with van der Waals surface area (Å²) in [6.07, 6.45) is -0.130. The molecule has 6 nitrogen and oxygen atoms in total. The molecule has 24 heavy (non-hydrogen) atoms. The molecule has 2 aromatic rings. The van der Waals surface area contributed by atoms with Gasteiger partial charge in [-0.3, -0.25) is 10.1 Å². The third kappa shape index (κ3) is 2.85. The second-order valence-corrected chi connectivity index (χ2v) is 7.26. The summed E-state index contributed by atoms with van der Waals surface area (Å²) in [6.45, 7) is 3.72. The van der Waals surface area contributed by atoms with Crippen molar-refractivity contribution in [2.24, 2.45) is 0 Å². The molecule has 2 aliphatic rings. The number of hydrogen-bond donors (Lipinski definition) is 1. The molecule has 0 fully saturated rings. The summed E-state index contributed by atoms with van der Waals surface area (Å²) in [7, 11) is 2.09. The number of benzene rings is 1. The molecule has 1 amide bonds. The van der Waals surface area contributed by atoms with Crippen LogP contribution in [0.25, 0.3) is 0 Å². The van der Waals surface area contributed by atoms with Gasteiger partial charge < -0.3 is 14.4 Å². The first kappa shape index (κ1) is 15.4. The summed E-state index contributed by atoms with van der Waals surface area (Å²) in [4.78, 5) is 20.6. The van der Waals surface area contributed by atoms with Crippen LogP contribution in [0.2, 0.25) is 0 Å². The van der Waals surface area contributed by atoms with Crippen molar-refractivity contribution in [1.82, 2.24) is 9.88 Å². The molecule has 1 aromatic carbocycles. The molecule has 1 aromatic heterocycles. The summed E-state index contributed by atoms with van der Waals surface area (Å²) in [5, 5.41) is 3.52. The normalized spacial score (nSPS) is 22.8. The van der Waals surface area contributed by atoms with Gasteiger partial charge in [-0.1, -0.05) is 12.1 Å². The van der Waals surface area contributed by atoms with E-state index in [-0.39, 0.29) is 12.0 Å². The maximum Gasteiger partial charge on any atom is 0.271 e. The lowest BCUT2D eigenvalue weighted by Crippen LogP contribution is -2.46. The number of anilines is 1. The minimum atomic E-state index is -0.691. The van der Waals surface area contributed by atoms with Gasteiger partial charge in [0.25, 0.3) is 5.91 Å². The second kappa shape index (κ2) is 6.07. The highest BCUT2D eigenvalue weighted by Crippen LogP contribution is 2.34. The van der Waals surface area contributed by atoms with Gasteiger partial charge in [0.1, 0.15) is 6.10 Å². The quantitative estimate of drug-likeness (QED) is 0.905. The highest BCUT2D eigenvalue weighted by molar-refractivity contribution is 7.15. The molecule has 0 aliphatic carbocycles. The molecule has 126 valence electrons. The van der Waals surface area contributed by atoms with E-state index in [1.165, 1.54) is 16.2 Å². The third-order valence-corrected chi connectivity index (χ3v) is 5.25. The average Bonchev–Trinajstić information content (AvgIpc) is 2.95. The zero-order valence-electron chi connectivity index (χ0n) is 13.6. The van der Waals surface area contributed by atoms with Crippen LogP contribution in [0.4, 0.5) is 5.13 Å². The Hall–Kier alpha value is -2.12. The van der Waals surface area contributed by atoms with Crippen molar-refractivity contribution in [3.05, 3.63) is 34.8 Å². The van der Waals surface area contributed by atoms with Gasteiger partial charge in [0.15, 0.2) is 16.6 Å². The predicted octanol–water partition coefficient (Wildman–Crippen LogP) is 2.30. The fourth-order valence-electron chi connectivity index (χ4n) is 2.96. The number of para-hydroxylation sites is 2. The van der Waals surface area contributed by atoms with Crippen molar-refractivity contribution < 1.29 is 14.3 Å². The first-order chi connectivity index (χ1) is 11.6. The Kier molecular flexibility index (Phi) is 3.90. The molecule has 2 aliphatic heterocycles. The van der Waals surface area contributed by atoms with Crippen LogP contribution < -0.4 is 14.8 Å². The Bertz CT molecular complexity index is 776. The Morgan fingerprint density at radius 3 is 2.88 bits per heavy atom. The number of hydrogen-bond acceptors (Lipinski definition) is 6. The third-order valence-electron chi connectivity index (χ3n) is 4.25. The van der Waals surface area contributed by atoms with E-state index < -0.39 is 6.10 Å². The Morgan fingerprint density at radius 1 is 1.33 bits per heavy atom. The van der Waals surface area contributed by atoms with Crippen molar-refractivity contribution >= 4 is 22.4 Å². The standard InChI is InChI=1S/C17H19N3O3S/c1-10-15(23-13-6-4-3-5-12(13)22-10)16(21)19-17-18-11-7-8-20(2)9-14(11)24-17/h3-6,10,15H,7-9H2,1-2H3,(H,18,19,21)/t10-,15+/m0/s1. The van der Waals surface area contributed by atoms with E-state index >= 15 is 0 Å². The zero-order valence-corrected chi connectivity index (χ0v) is 14.4. The van der Waals surface area contributed by atoms with Crippen LogP contribution in [-0.4, -0.2) is 41.6 Å². The van der Waals surface area contributed by atoms with Crippen molar-refractivity contribution in [1.29, 1.82) is 0 Å². The molecule has 0 bridgehead atoms. The molecule has 0 spiro atoms. The topological polar surface area (TPSA) is 63.7 Å². The fourth-order valence-corrected chi connectivity index (χ4v) is 4.05. The average molecular weight is 345 g/mol. The van der Waals surface area contributed by atoms with Gasteiger partial charge in [-0.2, -0.15) is 0 Å². The van der Waals surface area contributed by atoms with Crippen molar-refractivity contribution in [3.63, 3.8) is 0 Å². The van der Waals surface area contributed by atoms with Gasteiger partial charge in [0.2, 0.25) is 6.10 Å². The number of carbonyl (C=O) groups is 1. The summed E-state index contributed by atoms with van der Waals surface area (Å²) < 4.78 is 11.6. The van der Waals surface area contributed by atoms with E-state index in [4.69, 9.17) is 9.47 Å². The zero-order chi connectivity index (χ0) is 16.7. The lowest BCUT2D eigenvalue weighted by Gasteiger charge is -2.30. The van der Waals surface area contributed by atoms with Gasteiger partial charge in [-0.15, -0.1) is 11.3 Å². The highest BCUT2D eigenvalue weighted by atomic mass is 32.1. The first-order valence-corrected chi connectivity index (χ1v) is 8.82. The maximum absolute atomic E-state index is 12.6. The van der Waals surface area contributed by atoms with Crippen LogP contribution in [0.5, 0.6) is 11.5 Å². The van der Waals surface area contributed by atoms with Gasteiger partial charge >= 0.3 is 0 Å². The predicted molar refractivity (Wildman–Crippen MR) is 91.7 cm³/mol. The SMILES string of the molecule is C[C@@H]1Oc2ccccc2O[C@H]1C(=O)Nc1nc2c(s1)CN(C)CC2. The number of nitrogens with one attached hydrogen (secondary N) is 1. The number of amides is 1. The number of aromatic nitrogens is 1. The van der Waals surface area contributed by atoms with Crippen LogP contribution >= 0.6 is 11.3 Å². The van der Waals surface area contributed by atoms with Gasteiger partial charge in [-0.25, -0.2) is 4.98 Å². The molecule has 0 radical (unpaired) electrons. The molecule has 4 rings (SSSR count). The second-order valence-electron chi connectivity index (χ2n) is 6.17. The summed E-state index contributed by atoms with van der Waals surface area (Å²) in [5.74, 6) is 1.04. The molecule has 3 heterocycles. The van der Waals surface area contributed by atoms with E-state index in [0.29, 0.717) is 16.6 Å². The number of fused-ring (bicyclic) bond motifs is 2. The van der Waals surface area contributed by atoms with Gasteiger partial charge in [-0.05, 0) is 26.1 Å². The monoisotopic (exact) mass is 345 g/mol. The van der Waals surface area contributed by atoms with Crippen LogP contribution in [0.15, 0.2) is 24.3 Å². The lowest BCUT2D eigenvalue weighted by molar-refractivity contribution is -0.128. The highest BCUT2D eigenvalue weighted by Gasteiger charge is 2.34. The van der Waals surface area contributed by atoms with Crippen molar-refractivity contribution in [2.45, 2.75) is 32.1 Å². The van der Waals surface area contributed by atoms with Crippen LogP contribution in [0, 0.1) is 0 Å². The van der Waals surface area contributed by atoms with E-state index in [2.05, 4.69) is 22.2 Å². The van der Waals surface area contributed by atoms with E-state index in [0.717, 1.165) is 25.2 Å². The molecule has 2 atom stereocenters. The van der Waals surface area contributed by atoms with E-state index in [1.807, 2.05) is 25.1 Å². The van der Waals surface area contributed by atoms with E-state index in [9.17, 15) is 4.79 Å². The largest absolute Gasteiger partial charge is 0.482 e. The summed E-state index contributed by atoms with van der Waals surface area (Å²) in [5.41, 5.74) is 1.09. The van der Waals surface area contributed by atoms with Gasteiger partial charge in [0, 0.05) is 24.4 Å². The molecule has 1 N–H and O–H groups in total. The smallest absolute Gasteiger partial charge is 0.271 e. The Labute approximate surface area is 144 Å². The van der Waals surface area contributed by atoms with Crippen LogP contribution in [0.3, 0.4) is 0 Å². The first-order valence-electron chi connectivity index (χ1n) is 8.00. The number of carbonyl (C=O) groups excluding carboxylic acids is 1. The fraction of sp³-hybridized carbons (Fsp3) is 0.412. The van der Waals surface area contributed by atoms with E-state index in [1.54, 1.807) is 6.07 Å². The molecule has 0 unspecified atom stereocenters. The lowest BCUT2D eigenvalue weighted by atomic mass is 10.1. The summed E-state index contributed by atoms with van der Waals surface area (Å²) in [6, 6.07) is 7.38. The van der Waals surface area contributed by atoms with Crippen LogP contribution in [0.1, 0.15) is 17.5 Å². The molecular weight excluding hydrogens is 326 g/mol. The summed E-state index contributed by atoms with van der Waals surface area (Å²) >= 11 is 1.54. The van der Waals surface area contributed by atoms with Crippen LogP contribution in [-0.2, 0) is 17.8 Å². The molecule has 7 heteroatoms. The van der Waals surface area contributed by atoms with Gasteiger partial charge in [0.05, 0.1) is 5.69 Å². The molecule has 0 saturated heterocycles. The number of likely N-dealkylation sites (N-methyl/N-ethyl adjacent to an activating group) is 1. The minimum absolute atomic E-state index is 0.226. The number of ether oxygens (including phenoxy) is 2. The minimum Gasteiger partial charge on any atom is -0.482 e. The Morgan fingerprint density at radius 2 is 2.08 bits per heavy atom. The number of rotatable bonds is 2. The van der Waals surface area contributed by atoms with Crippen molar-refractivity contribution in [2.75, 3.05) is 18.9 Å². The molecular formula is C17H19N3O3S. The van der Waals surface area contributed by atoms with Crippen molar-refractivity contribution in [3.8, 4) is 11.5 Å². The number of nitrogens with zero attached hydrogens (tertiary/aromatic N) is 2. The maximum atomic E-state index is 12.6. The molecule has 0 saturated carbocycles. The Balaban J connectivity index is 1.49. The number of thiazole rings is 1.